The molecule has 90 valence electrons. The molecule has 1 saturated heterocycles. The minimum atomic E-state index is -0.305. The molecule has 15 heavy (non-hydrogen) atoms. The van der Waals surface area contributed by atoms with Crippen molar-refractivity contribution < 1.29 is 9.84 Å². The van der Waals surface area contributed by atoms with E-state index >= 15 is 0 Å². The Morgan fingerprint density at radius 1 is 1.47 bits per heavy atom. The highest BCUT2D eigenvalue weighted by Crippen LogP contribution is 2.20. The van der Waals surface area contributed by atoms with Crippen LogP contribution >= 0.6 is 0 Å². The molecule has 1 aliphatic heterocycles. The summed E-state index contributed by atoms with van der Waals surface area (Å²) in [6, 6.07) is 0. The van der Waals surface area contributed by atoms with Crippen molar-refractivity contribution in [2.45, 2.75) is 45.3 Å². The van der Waals surface area contributed by atoms with Gasteiger partial charge in [0, 0.05) is 6.54 Å². The van der Waals surface area contributed by atoms with Crippen LogP contribution in [0.2, 0.25) is 0 Å². The lowest BCUT2D eigenvalue weighted by Crippen LogP contribution is -2.28. The van der Waals surface area contributed by atoms with Crippen molar-refractivity contribution in [1.29, 1.82) is 0 Å². The van der Waals surface area contributed by atoms with Gasteiger partial charge in [-0.15, -0.1) is 0 Å². The molecule has 0 bridgehead atoms. The Labute approximate surface area is 93.4 Å². The van der Waals surface area contributed by atoms with Gasteiger partial charge in [0.15, 0.2) is 0 Å². The summed E-state index contributed by atoms with van der Waals surface area (Å²) in [6.07, 6.45) is 1.78. The molecule has 2 atom stereocenters. The number of ether oxygens (including phenoxy) is 1. The van der Waals surface area contributed by atoms with E-state index in [1.807, 2.05) is 20.8 Å². The van der Waals surface area contributed by atoms with Crippen molar-refractivity contribution in [2.24, 2.45) is 5.92 Å². The summed E-state index contributed by atoms with van der Waals surface area (Å²) in [7, 11) is 2.14. The molecule has 1 N–H and O–H groups in total. The highest BCUT2D eigenvalue weighted by atomic mass is 16.5. The Morgan fingerprint density at radius 3 is 2.60 bits per heavy atom. The number of hydrogen-bond acceptors (Lipinski definition) is 3. The van der Waals surface area contributed by atoms with E-state index in [9.17, 15) is 5.11 Å². The van der Waals surface area contributed by atoms with Crippen LogP contribution in [0.3, 0.4) is 0 Å². The minimum Gasteiger partial charge on any atom is -0.391 e. The molecule has 0 saturated carbocycles. The average molecular weight is 215 g/mol. The Balaban J connectivity index is 2.16. The third kappa shape index (κ3) is 5.50. The van der Waals surface area contributed by atoms with Gasteiger partial charge in [-0.1, -0.05) is 0 Å². The van der Waals surface area contributed by atoms with Crippen LogP contribution < -0.4 is 0 Å². The van der Waals surface area contributed by atoms with E-state index in [2.05, 4.69) is 11.9 Å². The molecular formula is C12H25NO2. The summed E-state index contributed by atoms with van der Waals surface area (Å²) in [4.78, 5) is 2.32. The number of rotatable bonds is 4. The van der Waals surface area contributed by atoms with E-state index in [-0.39, 0.29) is 11.7 Å². The lowest BCUT2D eigenvalue weighted by molar-refractivity contribution is -0.0537. The predicted molar refractivity (Wildman–Crippen MR) is 61.9 cm³/mol. The molecule has 1 heterocycles. The average Bonchev–Trinajstić information content (AvgIpc) is 2.47. The van der Waals surface area contributed by atoms with Gasteiger partial charge in [0.25, 0.3) is 0 Å². The van der Waals surface area contributed by atoms with Crippen LogP contribution in [0, 0.1) is 5.92 Å². The van der Waals surface area contributed by atoms with Gasteiger partial charge in [-0.05, 0) is 53.1 Å². The maximum absolute atomic E-state index is 9.82. The van der Waals surface area contributed by atoms with E-state index in [1.54, 1.807) is 0 Å². The molecule has 0 spiro atoms. The maximum Gasteiger partial charge on any atom is 0.0777 e. The normalized spacial score (nSPS) is 25.8. The van der Waals surface area contributed by atoms with Gasteiger partial charge in [0.1, 0.15) is 0 Å². The molecule has 0 amide bonds. The standard InChI is InChI=1S/C12H25NO2/c1-12(2,3)15-9-11(14)7-10-5-6-13(4)8-10/h10-11,14H,5-9H2,1-4H3/t10?,11-/m0/s1. The number of likely N-dealkylation sites (tertiary alicyclic amines) is 1. The zero-order chi connectivity index (χ0) is 11.5. The fourth-order valence-corrected chi connectivity index (χ4v) is 2.02. The van der Waals surface area contributed by atoms with Crippen LogP contribution in [-0.4, -0.2) is 48.5 Å². The molecule has 3 heteroatoms. The van der Waals surface area contributed by atoms with Crippen molar-refractivity contribution >= 4 is 0 Å². The van der Waals surface area contributed by atoms with Crippen LogP contribution in [-0.2, 0) is 4.74 Å². The molecule has 0 aromatic rings. The fraction of sp³-hybridized carbons (Fsp3) is 1.00. The smallest absolute Gasteiger partial charge is 0.0777 e. The molecule has 0 aromatic heterocycles. The van der Waals surface area contributed by atoms with Crippen molar-refractivity contribution in [3.8, 4) is 0 Å². The SMILES string of the molecule is CN1CCC(C[C@H](O)COC(C)(C)C)C1. The second-order valence-electron chi connectivity index (χ2n) is 5.73. The van der Waals surface area contributed by atoms with E-state index in [0.717, 1.165) is 19.5 Å². The monoisotopic (exact) mass is 215 g/mol. The summed E-state index contributed by atoms with van der Waals surface area (Å²) in [5.41, 5.74) is -0.145. The first-order valence-corrected chi connectivity index (χ1v) is 5.87. The lowest BCUT2D eigenvalue weighted by Gasteiger charge is -2.23. The molecule has 1 unspecified atom stereocenters. The van der Waals surface area contributed by atoms with Crippen LogP contribution in [0.15, 0.2) is 0 Å². The van der Waals surface area contributed by atoms with E-state index in [1.165, 1.54) is 6.42 Å². The Morgan fingerprint density at radius 2 is 2.13 bits per heavy atom. The molecule has 0 radical (unpaired) electrons. The lowest BCUT2D eigenvalue weighted by atomic mass is 10.0. The molecule has 1 rings (SSSR count). The molecule has 3 nitrogen and oxygen atoms in total. The predicted octanol–water partition coefficient (Wildman–Crippen LogP) is 1.50. The zero-order valence-electron chi connectivity index (χ0n) is 10.5. The third-order valence-electron chi connectivity index (χ3n) is 2.80. The minimum absolute atomic E-state index is 0.145. The Kier molecular flexibility index (Phi) is 4.56. The number of aliphatic hydroxyl groups is 1. The molecule has 1 fully saturated rings. The second-order valence-corrected chi connectivity index (χ2v) is 5.73. The van der Waals surface area contributed by atoms with Gasteiger partial charge in [0.05, 0.1) is 18.3 Å². The first kappa shape index (κ1) is 12.9. The van der Waals surface area contributed by atoms with Gasteiger partial charge in [-0.3, -0.25) is 0 Å². The van der Waals surface area contributed by atoms with Gasteiger partial charge in [0.2, 0.25) is 0 Å². The fourth-order valence-electron chi connectivity index (χ4n) is 2.02. The summed E-state index contributed by atoms with van der Waals surface area (Å²) in [6.45, 7) is 8.79. The summed E-state index contributed by atoms with van der Waals surface area (Å²) >= 11 is 0. The summed E-state index contributed by atoms with van der Waals surface area (Å²) in [5, 5.41) is 9.82. The zero-order valence-corrected chi connectivity index (χ0v) is 10.5. The largest absolute Gasteiger partial charge is 0.391 e. The third-order valence-corrected chi connectivity index (χ3v) is 2.80. The number of hydrogen-bond donors (Lipinski definition) is 1. The number of aliphatic hydroxyl groups excluding tert-OH is 1. The molecular weight excluding hydrogens is 190 g/mol. The van der Waals surface area contributed by atoms with Gasteiger partial charge in [-0.25, -0.2) is 0 Å². The van der Waals surface area contributed by atoms with E-state index < -0.39 is 0 Å². The topological polar surface area (TPSA) is 32.7 Å². The van der Waals surface area contributed by atoms with Crippen molar-refractivity contribution in [2.75, 3.05) is 26.7 Å². The van der Waals surface area contributed by atoms with Gasteiger partial charge in [-0.2, -0.15) is 0 Å². The first-order chi connectivity index (χ1) is 6.87. The van der Waals surface area contributed by atoms with E-state index in [0.29, 0.717) is 12.5 Å². The van der Waals surface area contributed by atoms with Gasteiger partial charge >= 0.3 is 0 Å². The van der Waals surface area contributed by atoms with Crippen LogP contribution in [0.4, 0.5) is 0 Å². The molecule has 0 aliphatic carbocycles. The van der Waals surface area contributed by atoms with E-state index in [4.69, 9.17) is 4.74 Å². The Hall–Kier alpha value is -0.120. The molecule has 1 aliphatic rings. The van der Waals surface area contributed by atoms with Crippen molar-refractivity contribution in [1.82, 2.24) is 4.90 Å². The highest BCUT2D eigenvalue weighted by molar-refractivity contribution is 4.75. The first-order valence-electron chi connectivity index (χ1n) is 5.87. The Bertz CT molecular complexity index is 189. The van der Waals surface area contributed by atoms with Crippen LogP contribution in [0.5, 0.6) is 0 Å². The van der Waals surface area contributed by atoms with Crippen LogP contribution in [0.25, 0.3) is 0 Å². The summed E-state index contributed by atoms with van der Waals surface area (Å²) < 4.78 is 5.56. The highest BCUT2D eigenvalue weighted by Gasteiger charge is 2.23. The quantitative estimate of drug-likeness (QED) is 0.771. The van der Waals surface area contributed by atoms with Crippen molar-refractivity contribution in [3.05, 3.63) is 0 Å². The van der Waals surface area contributed by atoms with Crippen LogP contribution in [0.1, 0.15) is 33.6 Å². The van der Waals surface area contributed by atoms with Gasteiger partial charge < -0.3 is 14.7 Å². The second kappa shape index (κ2) is 5.28. The van der Waals surface area contributed by atoms with Crippen molar-refractivity contribution in [3.63, 3.8) is 0 Å². The number of nitrogens with zero attached hydrogens (tertiary/aromatic N) is 1. The summed E-state index contributed by atoms with van der Waals surface area (Å²) in [5.74, 6) is 0.647. The maximum atomic E-state index is 9.82. The molecule has 0 aromatic carbocycles.